The van der Waals surface area contributed by atoms with Crippen molar-refractivity contribution in [3.05, 3.63) is 78.5 Å². The van der Waals surface area contributed by atoms with Crippen molar-refractivity contribution in [1.82, 2.24) is 20.4 Å². The molecule has 3 aromatic rings. The molecule has 8 nitrogen and oxygen atoms in total. The van der Waals surface area contributed by atoms with Gasteiger partial charge in [-0.2, -0.15) is 5.10 Å². The van der Waals surface area contributed by atoms with Crippen molar-refractivity contribution in [1.29, 1.82) is 0 Å². The number of ether oxygens (including phenoxy) is 1. The lowest BCUT2D eigenvalue weighted by molar-refractivity contribution is -0.138. The normalized spacial score (nSPS) is 16.6. The number of rotatable bonds is 7. The van der Waals surface area contributed by atoms with Gasteiger partial charge in [0, 0.05) is 45.2 Å². The van der Waals surface area contributed by atoms with Crippen LogP contribution >= 0.6 is 0 Å². The van der Waals surface area contributed by atoms with Crippen molar-refractivity contribution < 1.29 is 14.3 Å². The molecule has 0 saturated carbocycles. The Hall–Kier alpha value is -3.78. The fourth-order valence-corrected chi connectivity index (χ4v) is 4.85. The van der Waals surface area contributed by atoms with Crippen LogP contribution in [0.2, 0.25) is 0 Å². The molecule has 0 unspecified atom stereocenters. The Labute approximate surface area is 217 Å². The van der Waals surface area contributed by atoms with Crippen molar-refractivity contribution in [2.75, 3.05) is 31.1 Å². The minimum atomic E-state index is -0.563. The SMILES string of the molecule is CC(C)(C(=O)N1CCC(Oc2ccc(N(C(=O)C3CNC3)c3cccnn3)cc2)CC1)c1ccccc1. The van der Waals surface area contributed by atoms with Gasteiger partial charge in [0.25, 0.3) is 0 Å². The van der Waals surface area contributed by atoms with Gasteiger partial charge >= 0.3 is 0 Å². The topological polar surface area (TPSA) is 87.7 Å². The van der Waals surface area contributed by atoms with E-state index in [0.29, 0.717) is 32.0 Å². The lowest BCUT2D eigenvalue weighted by Gasteiger charge is -2.37. The summed E-state index contributed by atoms with van der Waals surface area (Å²) in [4.78, 5) is 30.0. The molecule has 2 amide bonds. The van der Waals surface area contributed by atoms with Crippen LogP contribution < -0.4 is 15.0 Å². The monoisotopic (exact) mass is 499 g/mol. The van der Waals surface area contributed by atoms with Crippen molar-refractivity contribution in [2.24, 2.45) is 5.92 Å². The second-order valence-corrected chi connectivity index (χ2v) is 10.2. The Kier molecular flexibility index (Phi) is 7.19. The molecule has 2 aliphatic heterocycles. The summed E-state index contributed by atoms with van der Waals surface area (Å²) in [5.41, 5.74) is 1.20. The third kappa shape index (κ3) is 5.34. The smallest absolute Gasteiger partial charge is 0.238 e. The Balaban J connectivity index is 1.21. The van der Waals surface area contributed by atoms with E-state index in [2.05, 4.69) is 15.5 Å². The molecule has 8 heteroatoms. The van der Waals surface area contributed by atoms with Gasteiger partial charge in [0.15, 0.2) is 5.82 Å². The average molecular weight is 500 g/mol. The van der Waals surface area contributed by atoms with Crippen LogP contribution in [0.15, 0.2) is 72.9 Å². The molecule has 2 aliphatic rings. The van der Waals surface area contributed by atoms with Crippen molar-refractivity contribution in [3.8, 4) is 5.75 Å². The number of anilines is 2. The summed E-state index contributed by atoms with van der Waals surface area (Å²) in [7, 11) is 0. The molecule has 0 radical (unpaired) electrons. The lowest BCUT2D eigenvalue weighted by Crippen LogP contribution is -2.51. The fraction of sp³-hybridized carbons (Fsp3) is 0.379. The molecular weight excluding hydrogens is 466 g/mol. The van der Waals surface area contributed by atoms with Gasteiger partial charge in [-0.05, 0) is 55.8 Å². The number of nitrogens with one attached hydrogen (secondary N) is 1. The zero-order valence-corrected chi connectivity index (χ0v) is 21.3. The van der Waals surface area contributed by atoms with Gasteiger partial charge in [-0.25, -0.2) is 0 Å². The molecule has 5 rings (SSSR count). The second-order valence-electron chi connectivity index (χ2n) is 10.2. The van der Waals surface area contributed by atoms with Gasteiger partial charge in [0.2, 0.25) is 11.8 Å². The minimum Gasteiger partial charge on any atom is -0.490 e. The molecule has 2 saturated heterocycles. The first-order valence-corrected chi connectivity index (χ1v) is 12.9. The van der Waals surface area contributed by atoms with Gasteiger partial charge < -0.3 is 15.0 Å². The fourth-order valence-electron chi connectivity index (χ4n) is 4.85. The summed E-state index contributed by atoms with van der Waals surface area (Å²) in [5.74, 6) is 1.33. The van der Waals surface area contributed by atoms with E-state index in [-0.39, 0.29) is 23.8 Å². The van der Waals surface area contributed by atoms with Crippen molar-refractivity contribution in [2.45, 2.75) is 38.2 Å². The number of carbonyl (C=O) groups is 2. The molecule has 3 heterocycles. The summed E-state index contributed by atoms with van der Waals surface area (Å²) >= 11 is 0. The Morgan fingerprint density at radius 2 is 1.68 bits per heavy atom. The van der Waals surface area contributed by atoms with E-state index in [0.717, 1.165) is 29.8 Å². The number of piperidine rings is 1. The molecule has 192 valence electrons. The number of benzene rings is 2. The number of nitrogens with zero attached hydrogens (tertiary/aromatic N) is 4. The van der Waals surface area contributed by atoms with Gasteiger partial charge in [0.1, 0.15) is 11.9 Å². The van der Waals surface area contributed by atoms with Crippen molar-refractivity contribution >= 4 is 23.3 Å². The highest BCUT2D eigenvalue weighted by Crippen LogP contribution is 2.30. The second kappa shape index (κ2) is 10.7. The zero-order chi connectivity index (χ0) is 25.8. The first-order valence-electron chi connectivity index (χ1n) is 12.9. The van der Waals surface area contributed by atoms with E-state index >= 15 is 0 Å². The summed E-state index contributed by atoms with van der Waals surface area (Å²) in [6.07, 6.45) is 3.18. The van der Waals surface area contributed by atoms with Gasteiger partial charge in [-0.3, -0.25) is 14.5 Å². The molecule has 37 heavy (non-hydrogen) atoms. The maximum absolute atomic E-state index is 13.3. The van der Waals surface area contributed by atoms with E-state index in [4.69, 9.17) is 4.74 Å². The maximum Gasteiger partial charge on any atom is 0.238 e. The summed E-state index contributed by atoms with van der Waals surface area (Å²) in [6.45, 7) is 6.65. The molecular formula is C29H33N5O3. The van der Waals surface area contributed by atoms with Crippen LogP contribution in [0.25, 0.3) is 0 Å². The number of hydrogen-bond donors (Lipinski definition) is 1. The third-order valence-electron chi connectivity index (χ3n) is 7.30. The number of aromatic nitrogens is 2. The standard InChI is InChI=1S/C29H33N5O3/c1-29(2,22-7-4-3-5-8-22)28(36)33-17-14-25(15-18-33)37-24-12-10-23(11-13-24)34(26-9-6-16-31-32-26)27(35)21-19-30-20-21/h3-13,16,21,25,30H,14-15,17-20H2,1-2H3. The van der Waals surface area contributed by atoms with Crippen LogP contribution in [-0.2, 0) is 15.0 Å². The van der Waals surface area contributed by atoms with Crippen molar-refractivity contribution in [3.63, 3.8) is 0 Å². The van der Waals surface area contributed by atoms with E-state index in [1.807, 2.05) is 73.3 Å². The average Bonchev–Trinajstić information content (AvgIpc) is 2.90. The van der Waals surface area contributed by atoms with Crippen LogP contribution in [0.4, 0.5) is 11.5 Å². The number of hydrogen-bond acceptors (Lipinski definition) is 6. The number of amides is 2. The van der Waals surface area contributed by atoms with E-state index < -0.39 is 5.41 Å². The zero-order valence-electron chi connectivity index (χ0n) is 21.3. The van der Waals surface area contributed by atoms with Gasteiger partial charge in [0.05, 0.1) is 17.0 Å². The summed E-state index contributed by atoms with van der Waals surface area (Å²) in [6, 6.07) is 21.1. The molecule has 0 spiro atoms. The molecule has 2 fully saturated rings. The van der Waals surface area contributed by atoms with E-state index in [1.54, 1.807) is 23.2 Å². The first-order chi connectivity index (χ1) is 17.9. The van der Waals surface area contributed by atoms with E-state index in [9.17, 15) is 9.59 Å². The Morgan fingerprint density at radius 1 is 0.973 bits per heavy atom. The highest BCUT2D eigenvalue weighted by molar-refractivity contribution is 6.01. The summed E-state index contributed by atoms with van der Waals surface area (Å²) < 4.78 is 6.25. The van der Waals surface area contributed by atoms with Gasteiger partial charge in [-0.1, -0.05) is 30.3 Å². The summed E-state index contributed by atoms with van der Waals surface area (Å²) in [5, 5.41) is 11.3. The predicted molar refractivity (Wildman–Crippen MR) is 142 cm³/mol. The highest BCUT2D eigenvalue weighted by Gasteiger charge is 2.36. The van der Waals surface area contributed by atoms with Gasteiger partial charge in [-0.15, -0.1) is 5.10 Å². The Bertz CT molecular complexity index is 1210. The predicted octanol–water partition coefficient (Wildman–Crippen LogP) is 3.71. The molecule has 1 N–H and O–H groups in total. The largest absolute Gasteiger partial charge is 0.490 e. The number of carbonyl (C=O) groups excluding carboxylic acids is 2. The first kappa shape index (κ1) is 24.9. The van der Waals surface area contributed by atoms with Crippen LogP contribution in [0.1, 0.15) is 32.3 Å². The molecule has 0 aliphatic carbocycles. The minimum absolute atomic E-state index is 0.00313. The molecule has 1 aromatic heterocycles. The lowest BCUT2D eigenvalue weighted by atomic mass is 9.82. The molecule has 0 bridgehead atoms. The third-order valence-corrected chi connectivity index (χ3v) is 7.30. The maximum atomic E-state index is 13.3. The Morgan fingerprint density at radius 3 is 2.27 bits per heavy atom. The quantitative estimate of drug-likeness (QED) is 0.533. The van der Waals surface area contributed by atoms with Crippen LogP contribution in [0.5, 0.6) is 5.75 Å². The van der Waals surface area contributed by atoms with Crippen LogP contribution in [0, 0.1) is 5.92 Å². The molecule has 0 atom stereocenters. The number of likely N-dealkylation sites (tertiary alicyclic amines) is 1. The molecule has 2 aromatic carbocycles. The highest BCUT2D eigenvalue weighted by atomic mass is 16.5. The van der Waals surface area contributed by atoms with Crippen LogP contribution in [0.3, 0.4) is 0 Å². The van der Waals surface area contributed by atoms with Crippen LogP contribution in [-0.4, -0.2) is 59.2 Å². The van der Waals surface area contributed by atoms with E-state index in [1.165, 1.54) is 0 Å².